The summed E-state index contributed by atoms with van der Waals surface area (Å²) in [5.74, 6) is -1.58. The van der Waals surface area contributed by atoms with Crippen LogP contribution in [0.15, 0.2) is 64.4 Å². The van der Waals surface area contributed by atoms with E-state index in [2.05, 4.69) is 10.0 Å². The number of sulfonamides is 2. The molecule has 12 heteroatoms. The average Bonchev–Trinajstić information content (AvgIpc) is 2.92. The van der Waals surface area contributed by atoms with E-state index in [1.165, 1.54) is 28.6 Å². The van der Waals surface area contributed by atoms with Gasteiger partial charge in [-0.05, 0) is 81.5 Å². The van der Waals surface area contributed by atoms with Gasteiger partial charge in [0.15, 0.2) is 6.61 Å². The van der Waals surface area contributed by atoms with E-state index < -0.39 is 38.5 Å². The molecule has 0 aromatic heterocycles. The summed E-state index contributed by atoms with van der Waals surface area (Å²) in [5, 5.41) is 2.61. The predicted molar refractivity (Wildman–Crippen MR) is 161 cm³/mol. The van der Waals surface area contributed by atoms with Gasteiger partial charge in [-0.25, -0.2) is 21.6 Å². The molecule has 10 nitrogen and oxygen atoms in total. The zero-order valence-corrected chi connectivity index (χ0v) is 25.7. The minimum absolute atomic E-state index is 0.00810. The van der Waals surface area contributed by atoms with Crippen LogP contribution in [0.25, 0.3) is 0 Å². The van der Waals surface area contributed by atoms with Crippen LogP contribution in [0.2, 0.25) is 0 Å². The third kappa shape index (κ3) is 7.00. The van der Waals surface area contributed by atoms with Crippen molar-refractivity contribution in [2.24, 2.45) is 0 Å². The number of esters is 1. The Hall–Kier alpha value is -3.74. The molecule has 2 N–H and O–H groups in total. The maximum Gasteiger partial charge on any atom is 0.340 e. The SMILES string of the molecule is Cc1cc(C)c(S(=O)(=O)Nc2ccccc2C(=O)OCC(=O)Nc2cc(S(=O)(=O)N3CCCCC3)ccc2C)c(C)c1. The summed E-state index contributed by atoms with van der Waals surface area (Å²) < 4.78 is 61.8. The van der Waals surface area contributed by atoms with Crippen molar-refractivity contribution in [1.29, 1.82) is 0 Å². The summed E-state index contributed by atoms with van der Waals surface area (Å²) in [5.41, 5.74) is 2.92. The Kier molecular flexibility index (Phi) is 9.39. The third-order valence-corrected chi connectivity index (χ3v) is 10.6. The first-order valence-corrected chi connectivity index (χ1v) is 16.5. The van der Waals surface area contributed by atoms with E-state index in [-0.39, 0.29) is 26.7 Å². The molecule has 0 unspecified atom stereocenters. The van der Waals surface area contributed by atoms with Gasteiger partial charge in [0.2, 0.25) is 10.0 Å². The van der Waals surface area contributed by atoms with Crippen molar-refractivity contribution in [2.75, 3.05) is 29.7 Å². The quantitative estimate of drug-likeness (QED) is 0.334. The Morgan fingerprint density at radius 3 is 2.12 bits per heavy atom. The second-order valence-electron chi connectivity index (χ2n) is 10.4. The highest BCUT2D eigenvalue weighted by atomic mass is 32.2. The fraction of sp³-hybridized carbons (Fsp3) is 0.333. The van der Waals surface area contributed by atoms with Crippen molar-refractivity contribution in [3.63, 3.8) is 0 Å². The number of benzene rings is 3. The molecule has 0 spiro atoms. The molecule has 1 saturated heterocycles. The number of para-hydroxylation sites is 1. The Balaban J connectivity index is 1.45. The van der Waals surface area contributed by atoms with E-state index in [9.17, 15) is 26.4 Å². The minimum Gasteiger partial charge on any atom is -0.452 e. The highest BCUT2D eigenvalue weighted by Crippen LogP contribution is 2.27. The van der Waals surface area contributed by atoms with Crippen molar-refractivity contribution >= 4 is 43.3 Å². The van der Waals surface area contributed by atoms with Crippen LogP contribution in [0.1, 0.15) is 51.9 Å². The zero-order valence-electron chi connectivity index (χ0n) is 24.1. The first-order chi connectivity index (χ1) is 19.8. The molecule has 1 aliphatic heterocycles. The van der Waals surface area contributed by atoms with Gasteiger partial charge in [-0.3, -0.25) is 9.52 Å². The van der Waals surface area contributed by atoms with Gasteiger partial charge in [-0.2, -0.15) is 4.31 Å². The van der Waals surface area contributed by atoms with Crippen LogP contribution in [-0.2, 0) is 29.6 Å². The molecule has 1 aliphatic rings. The molecule has 3 aromatic rings. The molecule has 3 aromatic carbocycles. The Morgan fingerprint density at radius 1 is 0.810 bits per heavy atom. The summed E-state index contributed by atoms with van der Waals surface area (Å²) in [4.78, 5) is 25.8. The van der Waals surface area contributed by atoms with Crippen molar-refractivity contribution in [3.8, 4) is 0 Å². The molecule has 4 rings (SSSR count). The number of aryl methyl sites for hydroxylation is 4. The van der Waals surface area contributed by atoms with Gasteiger partial charge in [0.25, 0.3) is 15.9 Å². The van der Waals surface area contributed by atoms with Gasteiger partial charge >= 0.3 is 5.97 Å². The van der Waals surface area contributed by atoms with Gasteiger partial charge in [0.1, 0.15) is 0 Å². The van der Waals surface area contributed by atoms with Gasteiger partial charge < -0.3 is 10.1 Å². The van der Waals surface area contributed by atoms with Crippen LogP contribution in [0.3, 0.4) is 0 Å². The Morgan fingerprint density at radius 2 is 1.45 bits per heavy atom. The standard InChI is InChI=1S/C30H35N3O7S2/c1-20-16-22(3)29(23(4)17-20)41(36,37)32-26-11-7-6-10-25(26)30(35)40-19-28(34)31-27-18-24(13-12-21(27)2)42(38,39)33-14-8-5-9-15-33/h6-7,10-13,16-18,32H,5,8-9,14-15,19H2,1-4H3,(H,31,34). The number of ether oxygens (including phenoxy) is 1. The van der Waals surface area contributed by atoms with E-state index in [1.54, 1.807) is 51.1 Å². The fourth-order valence-electron chi connectivity index (χ4n) is 5.08. The van der Waals surface area contributed by atoms with Crippen LogP contribution >= 0.6 is 0 Å². The molecule has 0 saturated carbocycles. The normalized spacial score (nSPS) is 14.3. The third-order valence-electron chi connectivity index (χ3n) is 7.03. The number of hydrogen-bond acceptors (Lipinski definition) is 7. The second kappa shape index (κ2) is 12.6. The van der Waals surface area contributed by atoms with E-state index in [0.29, 0.717) is 29.8 Å². The number of nitrogens with zero attached hydrogens (tertiary/aromatic N) is 1. The molecular formula is C30H35N3O7S2. The second-order valence-corrected chi connectivity index (χ2v) is 14.0. The summed E-state index contributed by atoms with van der Waals surface area (Å²) >= 11 is 0. The average molecular weight is 614 g/mol. The molecule has 0 radical (unpaired) electrons. The molecule has 224 valence electrons. The maximum absolute atomic E-state index is 13.3. The van der Waals surface area contributed by atoms with Crippen LogP contribution < -0.4 is 10.0 Å². The molecule has 0 atom stereocenters. The molecule has 42 heavy (non-hydrogen) atoms. The topological polar surface area (TPSA) is 139 Å². The molecule has 0 aliphatic carbocycles. The lowest BCUT2D eigenvalue weighted by atomic mass is 10.1. The number of carbonyl (C=O) groups excluding carboxylic acids is 2. The highest BCUT2D eigenvalue weighted by molar-refractivity contribution is 7.92. The zero-order chi connectivity index (χ0) is 30.7. The highest BCUT2D eigenvalue weighted by Gasteiger charge is 2.27. The number of amides is 1. The number of anilines is 2. The lowest BCUT2D eigenvalue weighted by Gasteiger charge is -2.26. The Labute approximate surface area is 247 Å². The number of carbonyl (C=O) groups is 2. The monoisotopic (exact) mass is 613 g/mol. The smallest absolute Gasteiger partial charge is 0.340 e. The summed E-state index contributed by atoms with van der Waals surface area (Å²) in [6, 6.07) is 14.0. The molecule has 1 fully saturated rings. The van der Waals surface area contributed by atoms with Crippen molar-refractivity contribution in [1.82, 2.24) is 4.31 Å². The summed E-state index contributed by atoms with van der Waals surface area (Å²) in [7, 11) is -7.74. The minimum atomic E-state index is -4.04. The van der Waals surface area contributed by atoms with Crippen LogP contribution in [0.5, 0.6) is 0 Å². The fourth-order valence-corrected chi connectivity index (χ4v) is 8.16. The number of hydrogen-bond donors (Lipinski definition) is 2. The van der Waals surface area contributed by atoms with Crippen molar-refractivity contribution in [3.05, 3.63) is 82.4 Å². The molecular weight excluding hydrogens is 578 g/mol. The summed E-state index contributed by atoms with van der Waals surface area (Å²) in [6.45, 7) is 7.24. The summed E-state index contributed by atoms with van der Waals surface area (Å²) in [6.07, 6.45) is 2.59. The lowest BCUT2D eigenvalue weighted by molar-refractivity contribution is -0.119. The van der Waals surface area contributed by atoms with Crippen LogP contribution in [0.4, 0.5) is 11.4 Å². The maximum atomic E-state index is 13.3. The molecule has 1 heterocycles. The van der Waals surface area contributed by atoms with Gasteiger partial charge in [0.05, 0.1) is 21.0 Å². The predicted octanol–water partition coefficient (Wildman–Crippen LogP) is 4.69. The number of rotatable bonds is 9. The first-order valence-electron chi connectivity index (χ1n) is 13.6. The van der Waals surface area contributed by atoms with Gasteiger partial charge in [-0.15, -0.1) is 0 Å². The van der Waals surface area contributed by atoms with Crippen molar-refractivity contribution < 1.29 is 31.2 Å². The van der Waals surface area contributed by atoms with E-state index in [0.717, 1.165) is 24.8 Å². The van der Waals surface area contributed by atoms with Gasteiger partial charge in [0, 0.05) is 18.8 Å². The lowest BCUT2D eigenvalue weighted by Crippen LogP contribution is -2.35. The first kappa shape index (κ1) is 31.2. The molecule has 1 amide bonds. The largest absolute Gasteiger partial charge is 0.452 e. The van der Waals surface area contributed by atoms with Gasteiger partial charge in [-0.1, -0.05) is 42.3 Å². The van der Waals surface area contributed by atoms with E-state index in [1.807, 2.05) is 6.92 Å². The number of nitrogens with one attached hydrogen (secondary N) is 2. The van der Waals surface area contributed by atoms with Crippen LogP contribution in [-0.4, -0.2) is 52.7 Å². The molecule has 0 bridgehead atoms. The van der Waals surface area contributed by atoms with E-state index >= 15 is 0 Å². The van der Waals surface area contributed by atoms with E-state index in [4.69, 9.17) is 4.74 Å². The van der Waals surface area contributed by atoms with Crippen molar-refractivity contribution in [2.45, 2.75) is 56.7 Å². The Bertz CT molecular complexity index is 1710. The number of piperidine rings is 1. The van der Waals surface area contributed by atoms with Crippen LogP contribution in [0, 0.1) is 27.7 Å².